The molecule has 0 saturated heterocycles. The van der Waals surface area contributed by atoms with Crippen LogP contribution in [-0.2, 0) is 4.79 Å². The van der Waals surface area contributed by atoms with E-state index in [4.69, 9.17) is 0 Å². The lowest BCUT2D eigenvalue weighted by Gasteiger charge is -2.19. The Morgan fingerprint density at radius 1 is 1.26 bits per heavy atom. The van der Waals surface area contributed by atoms with Crippen LogP contribution >= 0.6 is 0 Å². The Labute approximate surface area is 114 Å². The van der Waals surface area contributed by atoms with Gasteiger partial charge in [0.25, 0.3) is 5.91 Å². The molecule has 4 nitrogen and oxygen atoms in total. The minimum atomic E-state index is -0.142. The van der Waals surface area contributed by atoms with E-state index in [1.54, 1.807) is 13.1 Å². The molecule has 0 unspecified atom stereocenters. The van der Waals surface area contributed by atoms with Crippen LogP contribution in [0.25, 0.3) is 0 Å². The van der Waals surface area contributed by atoms with Crippen LogP contribution < -0.4 is 5.32 Å². The van der Waals surface area contributed by atoms with E-state index in [1.165, 1.54) is 4.90 Å². The summed E-state index contributed by atoms with van der Waals surface area (Å²) in [5.74, 6) is -0.267. The van der Waals surface area contributed by atoms with E-state index < -0.39 is 0 Å². The monoisotopic (exact) mass is 262 g/mol. The van der Waals surface area contributed by atoms with E-state index in [1.807, 2.05) is 39.8 Å². The Morgan fingerprint density at radius 3 is 2.47 bits per heavy atom. The second-order valence-electron chi connectivity index (χ2n) is 5.13. The van der Waals surface area contributed by atoms with Crippen molar-refractivity contribution in [1.29, 1.82) is 0 Å². The summed E-state index contributed by atoms with van der Waals surface area (Å²) in [4.78, 5) is 25.4. The van der Waals surface area contributed by atoms with Crippen molar-refractivity contribution in [2.24, 2.45) is 0 Å². The SMILES string of the molecule is Cc1cccc(C(=O)N(C)CC(=O)NC(C)C)c1C. The fourth-order valence-corrected chi connectivity index (χ4v) is 1.84. The lowest BCUT2D eigenvalue weighted by atomic mass is 10.0. The third kappa shape index (κ3) is 4.09. The van der Waals surface area contributed by atoms with Gasteiger partial charge in [0.1, 0.15) is 0 Å². The third-order valence-electron chi connectivity index (χ3n) is 3.01. The number of likely N-dealkylation sites (N-methyl/N-ethyl adjacent to an activating group) is 1. The molecule has 0 aliphatic heterocycles. The van der Waals surface area contributed by atoms with Gasteiger partial charge in [-0.25, -0.2) is 0 Å². The average molecular weight is 262 g/mol. The highest BCUT2D eigenvalue weighted by Gasteiger charge is 2.17. The minimum absolute atomic E-state index is 0.0738. The molecule has 0 bridgehead atoms. The second kappa shape index (κ2) is 6.36. The smallest absolute Gasteiger partial charge is 0.254 e. The van der Waals surface area contributed by atoms with E-state index in [0.717, 1.165) is 11.1 Å². The van der Waals surface area contributed by atoms with Crippen molar-refractivity contribution in [2.75, 3.05) is 13.6 Å². The fourth-order valence-electron chi connectivity index (χ4n) is 1.84. The fraction of sp³-hybridized carbons (Fsp3) is 0.467. The van der Waals surface area contributed by atoms with E-state index in [-0.39, 0.29) is 24.4 Å². The lowest BCUT2D eigenvalue weighted by molar-refractivity contribution is -0.122. The van der Waals surface area contributed by atoms with E-state index in [9.17, 15) is 9.59 Å². The highest BCUT2D eigenvalue weighted by atomic mass is 16.2. The van der Waals surface area contributed by atoms with Gasteiger partial charge < -0.3 is 10.2 Å². The molecule has 2 amide bonds. The van der Waals surface area contributed by atoms with E-state index >= 15 is 0 Å². The van der Waals surface area contributed by atoms with Crippen LogP contribution in [0.5, 0.6) is 0 Å². The maximum Gasteiger partial charge on any atom is 0.254 e. The molecule has 19 heavy (non-hydrogen) atoms. The maximum atomic E-state index is 12.3. The summed E-state index contributed by atoms with van der Waals surface area (Å²) in [6.07, 6.45) is 0. The number of aryl methyl sites for hydroxylation is 1. The molecule has 0 atom stereocenters. The Kier molecular flexibility index (Phi) is 5.10. The quantitative estimate of drug-likeness (QED) is 0.901. The number of carbonyl (C=O) groups excluding carboxylic acids is 2. The van der Waals surface area contributed by atoms with E-state index in [2.05, 4.69) is 5.32 Å². The molecule has 0 aliphatic carbocycles. The van der Waals surface area contributed by atoms with Crippen LogP contribution in [-0.4, -0.2) is 36.3 Å². The zero-order chi connectivity index (χ0) is 14.6. The first-order chi connectivity index (χ1) is 8.82. The van der Waals surface area contributed by atoms with Crippen LogP contribution in [0, 0.1) is 13.8 Å². The summed E-state index contributed by atoms with van der Waals surface area (Å²) in [5.41, 5.74) is 2.69. The Balaban J connectivity index is 2.77. The Morgan fingerprint density at radius 2 is 1.89 bits per heavy atom. The maximum absolute atomic E-state index is 12.3. The van der Waals surface area contributed by atoms with Crippen molar-refractivity contribution in [2.45, 2.75) is 33.7 Å². The predicted octanol–water partition coefficient (Wildman–Crippen LogP) is 1.90. The summed E-state index contributed by atoms with van der Waals surface area (Å²) in [7, 11) is 1.64. The second-order valence-corrected chi connectivity index (χ2v) is 5.13. The third-order valence-corrected chi connectivity index (χ3v) is 3.01. The number of rotatable bonds is 4. The first-order valence-corrected chi connectivity index (χ1v) is 6.44. The molecule has 0 radical (unpaired) electrons. The zero-order valence-corrected chi connectivity index (χ0v) is 12.3. The van der Waals surface area contributed by atoms with Crippen molar-refractivity contribution in [3.8, 4) is 0 Å². The first kappa shape index (κ1) is 15.2. The van der Waals surface area contributed by atoms with Gasteiger partial charge in [-0.3, -0.25) is 9.59 Å². The molecular weight excluding hydrogens is 240 g/mol. The van der Waals surface area contributed by atoms with Gasteiger partial charge in [0.15, 0.2) is 0 Å². The van der Waals surface area contributed by atoms with Crippen LogP contribution in [0.1, 0.15) is 35.3 Å². The van der Waals surface area contributed by atoms with Gasteiger partial charge in [-0.05, 0) is 44.9 Å². The summed E-state index contributed by atoms with van der Waals surface area (Å²) in [6, 6.07) is 5.70. The molecular formula is C15H22N2O2. The van der Waals surface area contributed by atoms with Gasteiger partial charge in [0, 0.05) is 18.7 Å². The standard InChI is InChI=1S/C15H22N2O2/c1-10(2)16-14(18)9-17(5)15(19)13-8-6-7-11(3)12(13)4/h6-8,10H,9H2,1-5H3,(H,16,18). The highest BCUT2D eigenvalue weighted by molar-refractivity contribution is 5.97. The van der Waals surface area contributed by atoms with Crippen molar-refractivity contribution < 1.29 is 9.59 Å². The van der Waals surface area contributed by atoms with E-state index in [0.29, 0.717) is 5.56 Å². The molecule has 0 fully saturated rings. The molecule has 1 aromatic carbocycles. The first-order valence-electron chi connectivity index (χ1n) is 6.44. The number of hydrogen-bond donors (Lipinski definition) is 1. The zero-order valence-electron chi connectivity index (χ0n) is 12.3. The van der Waals surface area contributed by atoms with Crippen molar-refractivity contribution in [3.63, 3.8) is 0 Å². The minimum Gasteiger partial charge on any atom is -0.352 e. The Bertz CT molecular complexity index is 481. The van der Waals surface area contributed by atoms with Crippen molar-refractivity contribution in [1.82, 2.24) is 10.2 Å². The molecule has 0 spiro atoms. The summed E-state index contributed by atoms with van der Waals surface area (Å²) in [5, 5.41) is 2.77. The number of nitrogens with zero attached hydrogens (tertiary/aromatic N) is 1. The Hall–Kier alpha value is -1.84. The molecule has 104 valence electrons. The van der Waals surface area contributed by atoms with Gasteiger partial charge in [-0.15, -0.1) is 0 Å². The largest absolute Gasteiger partial charge is 0.352 e. The van der Waals surface area contributed by atoms with Gasteiger partial charge in [0.2, 0.25) is 5.91 Å². The molecule has 0 aliphatic rings. The van der Waals surface area contributed by atoms with Crippen molar-refractivity contribution >= 4 is 11.8 Å². The number of amides is 2. The predicted molar refractivity (Wildman–Crippen MR) is 76.2 cm³/mol. The molecule has 0 aromatic heterocycles. The molecule has 0 heterocycles. The summed E-state index contributed by atoms with van der Waals surface area (Å²) < 4.78 is 0. The van der Waals surface area contributed by atoms with Crippen LogP contribution in [0.15, 0.2) is 18.2 Å². The molecule has 0 saturated carbocycles. The van der Waals surface area contributed by atoms with Gasteiger partial charge in [-0.1, -0.05) is 12.1 Å². The average Bonchev–Trinajstić information content (AvgIpc) is 2.30. The highest BCUT2D eigenvalue weighted by Crippen LogP contribution is 2.14. The summed E-state index contributed by atoms with van der Waals surface area (Å²) >= 11 is 0. The normalized spacial score (nSPS) is 10.4. The molecule has 1 aromatic rings. The number of hydrogen-bond acceptors (Lipinski definition) is 2. The number of nitrogens with one attached hydrogen (secondary N) is 1. The molecule has 1 N–H and O–H groups in total. The summed E-state index contributed by atoms with van der Waals surface area (Å²) in [6.45, 7) is 7.75. The van der Waals surface area contributed by atoms with Crippen LogP contribution in [0.3, 0.4) is 0 Å². The van der Waals surface area contributed by atoms with Gasteiger partial charge in [-0.2, -0.15) is 0 Å². The van der Waals surface area contributed by atoms with Gasteiger partial charge in [0.05, 0.1) is 6.54 Å². The topological polar surface area (TPSA) is 49.4 Å². The molecule has 1 rings (SSSR count). The number of carbonyl (C=O) groups is 2. The molecule has 4 heteroatoms. The lowest BCUT2D eigenvalue weighted by Crippen LogP contribution is -2.41. The van der Waals surface area contributed by atoms with Crippen molar-refractivity contribution in [3.05, 3.63) is 34.9 Å². The number of benzene rings is 1. The van der Waals surface area contributed by atoms with Crippen LogP contribution in [0.4, 0.5) is 0 Å². The van der Waals surface area contributed by atoms with Crippen LogP contribution in [0.2, 0.25) is 0 Å². The van der Waals surface area contributed by atoms with Gasteiger partial charge >= 0.3 is 0 Å².